The Morgan fingerprint density at radius 3 is 2.52 bits per heavy atom. The van der Waals surface area contributed by atoms with Gasteiger partial charge in [0.1, 0.15) is 18.0 Å². The van der Waals surface area contributed by atoms with Gasteiger partial charge in [-0.3, -0.25) is 4.98 Å². The molecule has 0 saturated carbocycles. The molecule has 100 valence electrons. The van der Waals surface area contributed by atoms with Gasteiger partial charge in [-0.1, -0.05) is 18.2 Å². The van der Waals surface area contributed by atoms with E-state index in [9.17, 15) is 0 Å². The van der Waals surface area contributed by atoms with Crippen LogP contribution in [0.2, 0.25) is 0 Å². The molecule has 0 aliphatic heterocycles. The summed E-state index contributed by atoms with van der Waals surface area (Å²) in [6.07, 6.45) is 6.79. The van der Waals surface area contributed by atoms with Crippen LogP contribution in [-0.2, 0) is 0 Å². The minimum absolute atomic E-state index is 0.542. The van der Waals surface area contributed by atoms with Crippen LogP contribution in [0.4, 0.5) is 0 Å². The summed E-state index contributed by atoms with van der Waals surface area (Å²) in [6.45, 7) is 0. The highest BCUT2D eigenvalue weighted by molar-refractivity contribution is 5.67. The van der Waals surface area contributed by atoms with Crippen LogP contribution in [-0.4, -0.2) is 9.97 Å². The monoisotopic (exact) mass is 273 g/mol. The molecule has 2 aromatic heterocycles. The fourth-order valence-corrected chi connectivity index (χ4v) is 1.82. The van der Waals surface area contributed by atoms with E-state index in [1.807, 2.05) is 48.6 Å². The second-order valence-corrected chi connectivity index (χ2v) is 4.36. The average Bonchev–Trinajstić information content (AvgIpc) is 3.03. The first-order valence-corrected chi connectivity index (χ1v) is 6.40. The molecule has 0 amide bonds. The number of aromatic nitrogens is 2. The van der Waals surface area contributed by atoms with Gasteiger partial charge in [0.2, 0.25) is 5.89 Å². The third kappa shape index (κ3) is 3.04. The number of hydrogen-bond donors (Lipinski definition) is 0. The zero-order valence-electron chi connectivity index (χ0n) is 11.1. The molecule has 2 heterocycles. The van der Waals surface area contributed by atoms with Crippen LogP contribution >= 0.6 is 0 Å². The molecule has 0 aliphatic carbocycles. The predicted molar refractivity (Wildman–Crippen MR) is 79.8 cm³/mol. The molecule has 0 radical (unpaired) electrons. The first-order chi connectivity index (χ1) is 10.3. The van der Waals surface area contributed by atoms with Crippen molar-refractivity contribution in [3.05, 3.63) is 71.9 Å². The molecule has 0 unspecified atom stereocenters. The van der Waals surface area contributed by atoms with E-state index in [0.29, 0.717) is 11.5 Å². The van der Waals surface area contributed by atoms with Crippen LogP contribution in [0.5, 0.6) is 0 Å². The van der Waals surface area contributed by atoms with Crippen molar-refractivity contribution in [3.63, 3.8) is 0 Å². The Balaban J connectivity index is 1.78. The average molecular weight is 273 g/mol. The molecule has 0 N–H and O–H groups in total. The van der Waals surface area contributed by atoms with Gasteiger partial charge in [0.05, 0.1) is 11.3 Å². The number of pyridine rings is 1. The van der Waals surface area contributed by atoms with Crippen molar-refractivity contribution in [2.75, 3.05) is 0 Å². The molecule has 0 fully saturated rings. The van der Waals surface area contributed by atoms with Gasteiger partial charge in [-0.25, -0.2) is 4.98 Å². The zero-order valence-corrected chi connectivity index (χ0v) is 11.1. The summed E-state index contributed by atoms with van der Waals surface area (Å²) >= 11 is 0. The van der Waals surface area contributed by atoms with Crippen molar-refractivity contribution in [1.29, 1.82) is 5.26 Å². The summed E-state index contributed by atoms with van der Waals surface area (Å²) in [5.41, 5.74) is 2.96. The SMILES string of the molecule is N#Cc1ccc(/C=C/c2coc(-c3ccccc3)n2)nc1. The fraction of sp³-hybridized carbons (Fsp3) is 0. The minimum atomic E-state index is 0.542. The van der Waals surface area contributed by atoms with Crippen LogP contribution < -0.4 is 0 Å². The van der Waals surface area contributed by atoms with E-state index >= 15 is 0 Å². The van der Waals surface area contributed by atoms with E-state index in [4.69, 9.17) is 9.68 Å². The molecular formula is C17H11N3O. The summed E-state index contributed by atoms with van der Waals surface area (Å²) in [6, 6.07) is 15.3. The number of nitrogens with zero attached hydrogens (tertiary/aromatic N) is 3. The Labute approximate surface area is 122 Å². The van der Waals surface area contributed by atoms with Crippen LogP contribution in [0.1, 0.15) is 17.0 Å². The fourth-order valence-electron chi connectivity index (χ4n) is 1.82. The van der Waals surface area contributed by atoms with E-state index in [2.05, 4.69) is 9.97 Å². The first-order valence-electron chi connectivity index (χ1n) is 6.40. The largest absolute Gasteiger partial charge is 0.444 e. The lowest BCUT2D eigenvalue weighted by atomic mass is 10.2. The van der Waals surface area contributed by atoms with E-state index in [-0.39, 0.29) is 0 Å². The van der Waals surface area contributed by atoms with Crippen LogP contribution in [0, 0.1) is 11.3 Å². The van der Waals surface area contributed by atoms with Crippen molar-refractivity contribution in [3.8, 4) is 17.5 Å². The topological polar surface area (TPSA) is 62.7 Å². The van der Waals surface area contributed by atoms with E-state index in [1.54, 1.807) is 18.4 Å². The Morgan fingerprint density at radius 1 is 1.00 bits per heavy atom. The predicted octanol–water partition coefficient (Wildman–Crippen LogP) is 3.78. The molecule has 0 saturated heterocycles. The maximum Gasteiger partial charge on any atom is 0.226 e. The third-order valence-corrected chi connectivity index (χ3v) is 2.88. The molecule has 4 nitrogen and oxygen atoms in total. The Morgan fingerprint density at radius 2 is 1.81 bits per heavy atom. The maximum atomic E-state index is 8.72. The van der Waals surface area contributed by atoms with Crippen molar-refractivity contribution in [2.45, 2.75) is 0 Å². The molecule has 4 heteroatoms. The summed E-state index contributed by atoms with van der Waals surface area (Å²) in [5.74, 6) is 0.586. The number of benzene rings is 1. The highest BCUT2D eigenvalue weighted by Gasteiger charge is 2.03. The molecular weight excluding hydrogens is 262 g/mol. The Kier molecular flexibility index (Phi) is 3.57. The second kappa shape index (κ2) is 5.85. The number of hydrogen-bond acceptors (Lipinski definition) is 4. The molecule has 3 rings (SSSR count). The van der Waals surface area contributed by atoms with Gasteiger partial charge >= 0.3 is 0 Å². The smallest absolute Gasteiger partial charge is 0.226 e. The lowest BCUT2D eigenvalue weighted by Crippen LogP contribution is -1.82. The normalized spacial score (nSPS) is 10.6. The van der Waals surface area contributed by atoms with Crippen LogP contribution in [0.3, 0.4) is 0 Å². The van der Waals surface area contributed by atoms with Gasteiger partial charge in [0.25, 0.3) is 0 Å². The minimum Gasteiger partial charge on any atom is -0.444 e. The molecule has 0 aliphatic rings. The van der Waals surface area contributed by atoms with Gasteiger partial charge in [-0.15, -0.1) is 0 Å². The summed E-state index contributed by atoms with van der Waals surface area (Å²) < 4.78 is 5.45. The van der Waals surface area contributed by atoms with E-state index in [0.717, 1.165) is 17.0 Å². The van der Waals surface area contributed by atoms with Crippen molar-refractivity contribution >= 4 is 12.2 Å². The van der Waals surface area contributed by atoms with Gasteiger partial charge in [0.15, 0.2) is 0 Å². The van der Waals surface area contributed by atoms with Gasteiger partial charge in [0, 0.05) is 11.8 Å². The molecule has 1 aromatic carbocycles. The zero-order chi connectivity index (χ0) is 14.5. The second-order valence-electron chi connectivity index (χ2n) is 4.36. The summed E-state index contributed by atoms with van der Waals surface area (Å²) in [7, 11) is 0. The molecule has 21 heavy (non-hydrogen) atoms. The van der Waals surface area contributed by atoms with Gasteiger partial charge < -0.3 is 4.42 Å². The molecule has 0 atom stereocenters. The summed E-state index contributed by atoms with van der Waals surface area (Å²) in [5, 5.41) is 8.72. The van der Waals surface area contributed by atoms with Gasteiger partial charge in [-0.2, -0.15) is 5.26 Å². The number of rotatable bonds is 3. The van der Waals surface area contributed by atoms with Crippen molar-refractivity contribution in [2.24, 2.45) is 0 Å². The van der Waals surface area contributed by atoms with Gasteiger partial charge in [-0.05, 0) is 36.4 Å². The first kappa shape index (κ1) is 12.8. The highest BCUT2D eigenvalue weighted by Crippen LogP contribution is 2.18. The summed E-state index contributed by atoms with van der Waals surface area (Å²) in [4.78, 5) is 8.56. The lowest BCUT2D eigenvalue weighted by Gasteiger charge is -1.92. The molecule has 3 aromatic rings. The lowest BCUT2D eigenvalue weighted by molar-refractivity contribution is 0.574. The Bertz CT molecular complexity index is 796. The third-order valence-electron chi connectivity index (χ3n) is 2.88. The molecule has 0 spiro atoms. The number of oxazole rings is 1. The van der Waals surface area contributed by atoms with Crippen LogP contribution in [0.25, 0.3) is 23.6 Å². The molecule has 0 bridgehead atoms. The van der Waals surface area contributed by atoms with E-state index in [1.165, 1.54) is 6.20 Å². The number of nitriles is 1. The van der Waals surface area contributed by atoms with Crippen LogP contribution in [0.15, 0.2) is 59.3 Å². The quantitative estimate of drug-likeness (QED) is 0.728. The Hall–Kier alpha value is -3.19. The van der Waals surface area contributed by atoms with Crippen molar-refractivity contribution < 1.29 is 4.42 Å². The standard InChI is InChI=1S/C17H11N3O/c18-10-13-6-7-15(19-11-13)8-9-16-12-21-17(20-16)14-4-2-1-3-5-14/h1-9,11-12H/b9-8+. The highest BCUT2D eigenvalue weighted by atomic mass is 16.3. The maximum absolute atomic E-state index is 8.72. The van der Waals surface area contributed by atoms with E-state index < -0.39 is 0 Å². The van der Waals surface area contributed by atoms with Crippen molar-refractivity contribution in [1.82, 2.24) is 9.97 Å².